The van der Waals surface area contributed by atoms with E-state index in [1.165, 1.54) is 0 Å². The van der Waals surface area contributed by atoms with Gasteiger partial charge in [0.25, 0.3) is 5.91 Å². The highest BCUT2D eigenvalue weighted by Crippen LogP contribution is 2.31. The number of H-pyrrole nitrogens is 1. The minimum absolute atomic E-state index is 0.0865. The Balaban J connectivity index is 1.88. The molecule has 130 valence electrons. The maximum atomic E-state index is 12.6. The summed E-state index contributed by atoms with van der Waals surface area (Å²) in [7, 11) is 3.19. The Morgan fingerprint density at radius 3 is 2.56 bits per heavy atom. The third-order valence-electron chi connectivity index (χ3n) is 4.37. The molecule has 3 aromatic rings. The molecule has 3 rings (SSSR count). The summed E-state index contributed by atoms with van der Waals surface area (Å²) in [5, 5.41) is 3.90. The largest absolute Gasteiger partial charge is 0.497 e. The van der Waals surface area contributed by atoms with E-state index in [1.54, 1.807) is 26.4 Å². The molecule has 5 heteroatoms. The minimum atomic E-state index is -0.159. The first-order valence-electron chi connectivity index (χ1n) is 8.14. The van der Waals surface area contributed by atoms with Crippen LogP contribution >= 0.6 is 0 Å². The lowest BCUT2D eigenvalue weighted by Crippen LogP contribution is -2.27. The van der Waals surface area contributed by atoms with Gasteiger partial charge in [0.05, 0.1) is 25.8 Å². The van der Waals surface area contributed by atoms with Crippen molar-refractivity contribution in [3.8, 4) is 11.5 Å². The predicted octanol–water partition coefficient (Wildman–Crippen LogP) is 3.98. The molecule has 0 spiro atoms. The first-order chi connectivity index (χ1) is 12.0. The van der Waals surface area contributed by atoms with Gasteiger partial charge in [-0.15, -0.1) is 0 Å². The lowest BCUT2D eigenvalue weighted by Gasteiger charge is -2.16. The fourth-order valence-electron chi connectivity index (χ4n) is 3.01. The number of ether oxygens (including phenoxy) is 2. The topological polar surface area (TPSA) is 63.4 Å². The van der Waals surface area contributed by atoms with E-state index in [4.69, 9.17) is 9.47 Å². The normalized spacial score (nSPS) is 12.0. The van der Waals surface area contributed by atoms with Crippen molar-refractivity contribution < 1.29 is 14.3 Å². The number of carbonyl (C=O) groups is 1. The van der Waals surface area contributed by atoms with Crippen LogP contribution in [0.25, 0.3) is 10.9 Å². The predicted molar refractivity (Wildman–Crippen MR) is 98.5 cm³/mol. The van der Waals surface area contributed by atoms with Crippen molar-refractivity contribution in [2.24, 2.45) is 0 Å². The van der Waals surface area contributed by atoms with Gasteiger partial charge in [-0.2, -0.15) is 0 Å². The van der Waals surface area contributed by atoms with Gasteiger partial charge in [0, 0.05) is 11.5 Å². The molecule has 0 saturated carbocycles. The van der Waals surface area contributed by atoms with Crippen LogP contribution in [0.2, 0.25) is 0 Å². The Labute approximate surface area is 147 Å². The molecule has 5 nitrogen and oxygen atoms in total. The number of hydrogen-bond donors (Lipinski definition) is 2. The summed E-state index contributed by atoms with van der Waals surface area (Å²) in [6.45, 7) is 4.02. The third-order valence-corrected chi connectivity index (χ3v) is 4.37. The molecule has 25 heavy (non-hydrogen) atoms. The number of carbonyl (C=O) groups excluding carboxylic acids is 1. The molecule has 2 aromatic carbocycles. The summed E-state index contributed by atoms with van der Waals surface area (Å²) in [5.74, 6) is 1.16. The summed E-state index contributed by atoms with van der Waals surface area (Å²) in [6.07, 6.45) is 0. The second-order valence-corrected chi connectivity index (χ2v) is 6.03. The van der Waals surface area contributed by atoms with Crippen LogP contribution < -0.4 is 14.8 Å². The number of aryl methyl sites for hydroxylation is 1. The summed E-state index contributed by atoms with van der Waals surface area (Å²) >= 11 is 0. The highest BCUT2D eigenvalue weighted by molar-refractivity contribution is 6.00. The van der Waals surface area contributed by atoms with Gasteiger partial charge in [0.15, 0.2) is 0 Å². The Bertz CT molecular complexity index is 914. The van der Waals surface area contributed by atoms with Crippen LogP contribution in [-0.4, -0.2) is 25.1 Å². The second-order valence-electron chi connectivity index (χ2n) is 6.03. The Morgan fingerprint density at radius 1 is 1.12 bits per heavy atom. The van der Waals surface area contributed by atoms with Crippen LogP contribution in [0.15, 0.2) is 42.5 Å². The van der Waals surface area contributed by atoms with Crippen molar-refractivity contribution in [2.45, 2.75) is 19.9 Å². The number of methoxy groups -OCH3 is 2. The molecular formula is C20H22N2O3. The zero-order valence-electron chi connectivity index (χ0n) is 14.8. The molecule has 0 aliphatic rings. The number of rotatable bonds is 5. The first-order valence-corrected chi connectivity index (χ1v) is 8.14. The number of hydrogen-bond acceptors (Lipinski definition) is 3. The van der Waals surface area contributed by atoms with E-state index >= 15 is 0 Å². The Kier molecular flexibility index (Phi) is 4.65. The van der Waals surface area contributed by atoms with Crippen molar-refractivity contribution in [1.29, 1.82) is 0 Å². The molecule has 0 saturated heterocycles. The van der Waals surface area contributed by atoms with Crippen molar-refractivity contribution >= 4 is 16.8 Å². The zero-order chi connectivity index (χ0) is 18.0. The van der Waals surface area contributed by atoms with Gasteiger partial charge in [0.1, 0.15) is 17.2 Å². The molecule has 1 aromatic heterocycles. The molecule has 2 N–H and O–H groups in total. The monoisotopic (exact) mass is 338 g/mol. The van der Waals surface area contributed by atoms with Crippen LogP contribution in [0.3, 0.4) is 0 Å². The van der Waals surface area contributed by atoms with E-state index in [1.807, 2.05) is 44.2 Å². The van der Waals surface area contributed by atoms with Gasteiger partial charge in [-0.1, -0.05) is 24.3 Å². The smallest absolute Gasteiger partial charge is 0.268 e. The van der Waals surface area contributed by atoms with Crippen LogP contribution in [0.4, 0.5) is 0 Å². The fourth-order valence-corrected chi connectivity index (χ4v) is 3.01. The molecule has 1 amide bonds. The first kappa shape index (κ1) is 16.9. The average Bonchev–Trinajstić information content (AvgIpc) is 3.05. The van der Waals surface area contributed by atoms with E-state index in [2.05, 4.69) is 10.3 Å². The lowest BCUT2D eigenvalue weighted by atomic mass is 10.0. The van der Waals surface area contributed by atoms with Crippen molar-refractivity contribution in [3.05, 3.63) is 59.3 Å². The van der Waals surface area contributed by atoms with Gasteiger partial charge >= 0.3 is 0 Å². The van der Waals surface area contributed by atoms with Gasteiger partial charge in [-0.05, 0) is 37.1 Å². The average molecular weight is 338 g/mol. The molecule has 1 unspecified atom stereocenters. The number of aromatic nitrogens is 1. The lowest BCUT2D eigenvalue weighted by molar-refractivity contribution is 0.0935. The van der Waals surface area contributed by atoms with Gasteiger partial charge in [0.2, 0.25) is 0 Å². The SMILES string of the molecule is COc1cc(OC)c2[nH]c(C(=O)NC(C)c3ccccc3C)cc2c1. The van der Waals surface area contributed by atoms with Crippen LogP contribution in [-0.2, 0) is 0 Å². The Hall–Kier alpha value is -2.95. The number of amides is 1. The maximum Gasteiger partial charge on any atom is 0.268 e. The number of nitrogens with one attached hydrogen (secondary N) is 2. The van der Waals surface area contributed by atoms with E-state index in [-0.39, 0.29) is 11.9 Å². The van der Waals surface area contributed by atoms with Crippen molar-refractivity contribution in [3.63, 3.8) is 0 Å². The standard InChI is InChI=1S/C20H22N2O3/c1-12-7-5-6-8-16(12)13(2)21-20(23)17-10-14-9-15(24-3)11-18(25-4)19(14)22-17/h5-11,13,22H,1-4H3,(H,21,23). The van der Waals surface area contributed by atoms with Crippen molar-refractivity contribution in [1.82, 2.24) is 10.3 Å². The van der Waals surface area contributed by atoms with Gasteiger partial charge in [-0.25, -0.2) is 0 Å². The molecule has 1 heterocycles. The highest BCUT2D eigenvalue weighted by atomic mass is 16.5. The Morgan fingerprint density at radius 2 is 1.88 bits per heavy atom. The number of benzene rings is 2. The summed E-state index contributed by atoms with van der Waals surface area (Å²) in [5.41, 5.74) is 3.52. The quantitative estimate of drug-likeness (QED) is 0.739. The summed E-state index contributed by atoms with van der Waals surface area (Å²) in [4.78, 5) is 15.8. The van der Waals surface area contributed by atoms with Crippen LogP contribution in [0.5, 0.6) is 11.5 Å². The van der Waals surface area contributed by atoms with E-state index in [0.717, 1.165) is 22.0 Å². The fraction of sp³-hybridized carbons (Fsp3) is 0.250. The van der Waals surface area contributed by atoms with E-state index in [9.17, 15) is 4.79 Å². The molecule has 0 aliphatic heterocycles. The molecular weight excluding hydrogens is 316 g/mol. The van der Waals surface area contributed by atoms with E-state index < -0.39 is 0 Å². The summed E-state index contributed by atoms with van der Waals surface area (Å²) < 4.78 is 10.7. The molecule has 0 aliphatic carbocycles. The second kappa shape index (κ2) is 6.89. The zero-order valence-corrected chi connectivity index (χ0v) is 14.8. The highest BCUT2D eigenvalue weighted by Gasteiger charge is 2.16. The molecule has 0 fully saturated rings. The third kappa shape index (κ3) is 3.31. The molecule has 1 atom stereocenters. The number of aromatic amines is 1. The van der Waals surface area contributed by atoms with Crippen LogP contribution in [0, 0.1) is 6.92 Å². The molecule has 0 radical (unpaired) electrons. The van der Waals surface area contributed by atoms with Crippen LogP contribution in [0.1, 0.15) is 34.6 Å². The van der Waals surface area contributed by atoms with Gasteiger partial charge in [-0.3, -0.25) is 4.79 Å². The van der Waals surface area contributed by atoms with E-state index in [0.29, 0.717) is 17.2 Å². The van der Waals surface area contributed by atoms with Gasteiger partial charge < -0.3 is 19.8 Å². The maximum absolute atomic E-state index is 12.6. The van der Waals surface area contributed by atoms with Crippen molar-refractivity contribution in [2.75, 3.05) is 14.2 Å². The number of fused-ring (bicyclic) bond motifs is 1. The minimum Gasteiger partial charge on any atom is -0.497 e. The summed E-state index contributed by atoms with van der Waals surface area (Å²) in [6, 6.07) is 13.4. The molecule has 0 bridgehead atoms.